The Hall–Kier alpha value is -1.59. The van der Waals surface area contributed by atoms with Crippen molar-refractivity contribution in [3.05, 3.63) is 35.9 Å². The van der Waals surface area contributed by atoms with Gasteiger partial charge >= 0.3 is 6.09 Å². The van der Waals surface area contributed by atoms with Crippen molar-refractivity contribution in [3.8, 4) is 0 Å². The van der Waals surface area contributed by atoms with Gasteiger partial charge in [-0.2, -0.15) is 0 Å². The summed E-state index contributed by atoms with van der Waals surface area (Å²) in [4.78, 5) is 13.5. The van der Waals surface area contributed by atoms with Crippen LogP contribution in [0, 0.1) is 0 Å². The Labute approximate surface area is 113 Å². The maximum Gasteiger partial charge on any atom is 0.410 e. The van der Waals surface area contributed by atoms with Gasteiger partial charge in [-0.15, -0.1) is 0 Å². The van der Waals surface area contributed by atoms with Crippen LogP contribution in [0.3, 0.4) is 0 Å². The highest BCUT2D eigenvalue weighted by atomic mass is 16.6. The van der Waals surface area contributed by atoms with Crippen molar-refractivity contribution in [2.24, 2.45) is 0 Å². The molecule has 0 aromatic heterocycles. The molecule has 0 radical (unpaired) electrons. The summed E-state index contributed by atoms with van der Waals surface area (Å²) >= 11 is 0. The Morgan fingerprint density at radius 1 is 1.47 bits per heavy atom. The van der Waals surface area contributed by atoms with Crippen molar-refractivity contribution in [2.75, 3.05) is 33.4 Å². The monoisotopic (exact) mass is 264 g/mol. The zero-order chi connectivity index (χ0) is 13.5. The summed E-state index contributed by atoms with van der Waals surface area (Å²) in [5.41, 5.74) is 0.986. The van der Waals surface area contributed by atoms with E-state index in [0.717, 1.165) is 18.7 Å². The normalized spacial score (nSPS) is 19.5. The summed E-state index contributed by atoms with van der Waals surface area (Å²) in [6, 6.07) is 9.68. The number of likely N-dealkylation sites (N-methyl/N-ethyl adjacent to an activating group) is 1. The Morgan fingerprint density at radius 2 is 2.26 bits per heavy atom. The highest BCUT2D eigenvalue weighted by Crippen LogP contribution is 2.06. The molecule has 1 amide bonds. The average molecular weight is 264 g/mol. The smallest absolute Gasteiger partial charge is 0.410 e. The molecule has 1 N–H and O–H groups in total. The standard InChI is InChI=1S/C14H20N2O3/c1-16(13-9-15-7-8-18-11-13)14(17)19-10-12-5-3-2-4-6-12/h2-6,13,15H,7-11H2,1H3. The molecule has 5 nitrogen and oxygen atoms in total. The summed E-state index contributed by atoms with van der Waals surface area (Å²) in [6.45, 7) is 3.08. The number of hydrogen-bond donors (Lipinski definition) is 1. The molecule has 5 heteroatoms. The van der Waals surface area contributed by atoms with E-state index in [2.05, 4.69) is 5.32 Å². The van der Waals surface area contributed by atoms with Gasteiger partial charge in [0.2, 0.25) is 0 Å². The van der Waals surface area contributed by atoms with Crippen LogP contribution < -0.4 is 5.32 Å². The fraction of sp³-hybridized carbons (Fsp3) is 0.500. The van der Waals surface area contributed by atoms with Crippen molar-refractivity contribution in [2.45, 2.75) is 12.6 Å². The second-order valence-electron chi connectivity index (χ2n) is 4.58. The number of benzene rings is 1. The van der Waals surface area contributed by atoms with Gasteiger partial charge in [-0.1, -0.05) is 30.3 Å². The summed E-state index contributed by atoms with van der Waals surface area (Å²) in [5, 5.41) is 3.23. The third kappa shape index (κ3) is 4.22. The summed E-state index contributed by atoms with van der Waals surface area (Å²) < 4.78 is 10.7. The third-order valence-electron chi connectivity index (χ3n) is 3.15. The van der Waals surface area contributed by atoms with Gasteiger partial charge in [0.25, 0.3) is 0 Å². The molecule has 1 aliphatic rings. The van der Waals surface area contributed by atoms with Gasteiger partial charge in [0.15, 0.2) is 0 Å². The Bertz CT molecular complexity index is 389. The molecule has 0 saturated carbocycles. The minimum absolute atomic E-state index is 0.0192. The summed E-state index contributed by atoms with van der Waals surface area (Å²) in [6.07, 6.45) is -0.318. The quantitative estimate of drug-likeness (QED) is 0.892. The van der Waals surface area contributed by atoms with Crippen LogP contribution in [0.4, 0.5) is 4.79 Å². The number of ether oxygens (including phenoxy) is 2. The molecule has 1 heterocycles. The zero-order valence-corrected chi connectivity index (χ0v) is 11.2. The number of hydrogen-bond acceptors (Lipinski definition) is 4. The van der Waals surface area contributed by atoms with Crippen LogP contribution in [0.5, 0.6) is 0 Å². The first kappa shape index (κ1) is 13.8. The molecule has 0 bridgehead atoms. The average Bonchev–Trinajstić information content (AvgIpc) is 2.74. The lowest BCUT2D eigenvalue weighted by Gasteiger charge is -2.25. The molecular weight excluding hydrogens is 244 g/mol. The number of rotatable bonds is 3. The molecule has 1 aromatic carbocycles. The van der Waals surface area contributed by atoms with E-state index in [-0.39, 0.29) is 12.1 Å². The second-order valence-corrected chi connectivity index (χ2v) is 4.58. The highest BCUT2D eigenvalue weighted by Gasteiger charge is 2.22. The summed E-state index contributed by atoms with van der Waals surface area (Å²) in [5.74, 6) is 0. The van der Waals surface area contributed by atoms with E-state index in [9.17, 15) is 4.79 Å². The SMILES string of the molecule is CN(C(=O)OCc1ccccc1)C1CNCCOC1. The summed E-state index contributed by atoms with van der Waals surface area (Å²) in [7, 11) is 1.74. The maximum atomic E-state index is 11.9. The fourth-order valence-corrected chi connectivity index (χ4v) is 1.91. The zero-order valence-electron chi connectivity index (χ0n) is 11.2. The van der Waals surface area contributed by atoms with Gasteiger partial charge in [-0.25, -0.2) is 4.79 Å². The van der Waals surface area contributed by atoms with Crippen LogP contribution in [0.1, 0.15) is 5.56 Å². The number of amides is 1. The van der Waals surface area contributed by atoms with Crippen molar-refractivity contribution in [1.29, 1.82) is 0 Å². The van der Waals surface area contributed by atoms with Crippen LogP contribution in [0.2, 0.25) is 0 Å². The molecule has 1 unspecified atom stereocenters. The van der Waals surface area contributed by atoms with E-state index >= 15 is 0 Å². The van der Waals surface area contributed by atoms with Gasteiger partial charge < -0.3 is 19.7 Å². The van der Waals surface area contributed by atoms with Gasteiger partial charge in [0, 0.05) is 20.1 Å². The van der Waals surface area contributed by atoms with Crippen LogP contribution in [0.25, 0.3) is 0 Å². The fourth-order valence-electron chi connectivity index (χ4n) is 1.91. The molecule has 1 atom stereocenters. The molecule has 1 saturated heterocycles. The second kappa shape index (κ2) is 7.11. The van der Waals surface area contributed by atoms with Crippen molar-refractivity contribution in [3.63, 3.8) is 0 Å². The molecule has 19 heavy (non-hydrogen) atoms. The van der Waals surface area contributed by atoms with Crippen molar-refractivity contribution in [1.82, 2.24) is 10.2 Å². The number of carbonyl (C=O) groups is 1. The predicted molar refractivity (Wildman–Crippen MR) is 71.9 cm³/mol. The third-order valence-corrected chi connectivity index (χ3v) is 3.15. The van der Waals surface area contributed by atoms with Gasteiger partial charge in [0.05, 0.1) is 19.3 Å². The predicted octanol–water partition coefficient (Wildman–Crippen LogP) is 1.24. The topological polar surface area (TPSA) is 50.8 Å². The lowest BCUT2D eigenvalue weighted by molar-refractivity contribution is 0.0627. The van der Waals surface area contributed by atoms with E-state index in [0.29, 0.717) is 19.8 Å². The van der Waals surface area contributed by atoms with Crippen LogP contribution in [-0.4, -0.2) is 50.4 Å². The number of carbonyl (C=O) groups excluding carboxylic acids is 1. The number of nitrogens with one attached hydrogen (secondary N) is 1. The van der Waals surface area contributed by atoms with Crippen molar-refractivity contribution < 1.29 is 14.3 Å². The lowest BCUT2D eigenvalue weighted by atomic mass is 10.2. The van der Waals surface area contributed by atoms with E-state index in [4.69, 9.17) is 9.47 Å². The first-order valence-corrected chi connectivity index (χ1v) is 6.49. The highest BCUT2D eigenvalue weighted by molar-refractivity contribution is 5.67. The van der Waals surface area contributed by atoms with Crippen molar-refractivity contribution >= 4 is 6.09 Å². The largest absolute Gasteiger partial charge is 0.445 e. The Balaban J connectivity index is 1.81. The van der Waals surface area contributed by atoms with E-state index in [1.54, 1.807) is 11.9 Å². The molecule has 0 aliphatic carbocycles. The maximum absolute atomic E-state index is 11.9. The van der Waals surface area contributed by atoms with Gasteiger partial charge in [0.1, 0.15) is 6.61 Å². The Morgan fingerprint density at radius 3 is 3.05 bits per heavy atom. The molecule has 0 spiro atoms. The Kier molecular flexibility index (Phi) is 5.18. The number of nitrogens with zero attached hydrogens (tertiary/aromatic N) is 1. The lowest BCUT2D eigenvalue weighted by Crippen LogP contribution is -2.44. The molecule has 104 valence electrons. The van der Waals surface area contributed by atoms with Crippen LogP contribution in [0.15, 0.2) is 30.3 Å². The molecule has 1 aromatic rings. The molecule has 1 fully saturated rings. The van der Waals surface area contributed by atoms with E-state index < -0.39 is 0 Å². The van der Waals surface area contributed by atoms with Crippen LogP contribution in [-0.2, 0) is 16.1 Å². The van der Waals surface area contributed by atoms with Crippen LogP contribution >= 0.6 is 0 Å². The first-order valence-electron chi connectivity index (χ1n) is 6.49. The molecule has 1 aliphatic heterocycles. The minimum Gasteiger partial charge on any atom is -0.445 e. The molecule has 2 rings (SSSR count). The first-order chi connectivity index (χ1) is 9.27. The minimum atomic E-state index is -0.318. The molecular formula is C14H20N2O3. The van der Waals surface area contributed by atoms with Gasteiger partial charge in [-0.3, -0.25) is 0 Å². The van der Waals surface area contributed by atoms with E-state index in [1.807, 2.05) is 30.3 Å². The van der Waals surface area contributed by atoms with Gasteiger partial charge in [-0.05, 0) is 5.56 Å². The van der Waals surface area contributed by atoms with E-state index in [1.165, 1.54) is 0 Å².